The third kappa shape index (κ3) is 4.95. The van der Waals surface area contributed by atoms with Crippen LogP contribution in [0, 0.1) is 11.6 Å². The molecule has 4 nitrogen and oxygen atoms in total. The monoisotopic (exact) mass is 320 g/mol. The predicted octanol–water partition coefficient (Wildman–Crippen LogP) is 3.73. The van der Waals surface area contributed by atoms with Gasteiger partial charge in [0.05, 0.1) is 7.11 Å². The topological polar surface area (TPSA) is 50.4 Å². The first kappa shape index (κ1) is 16.7. The number of carbonyl (C=O) groups is 1. The second-order valence-electron chi connectivity index (χ2n) is 5.18. The first-order valence-corrected chi connectivity index (χ1v) is 7.13. The minimum atomic E-state index is -1.01. The van der Waals surface area contributed by atoms with Crippen molar-refractivity contribution in [3.8, 4) is 5.75 Å². The van der Waals surface area contributed by atoms with Crippen LogP contribution in [-0.4, -0.2) is 19.2 Å². The Balaban J connectivity index is 1.90. The third-order valence-corrected chi connectivity index (χ3v) is 3.23. The molecule has 122 valence electrons. The number of hydrogen-bond acceptors (Lipinski definition) is 2. The zero-order chi connectivity index (χ0) is 16.8. The molecule has 2 amide bonds. The van der Waals surface area contributed by atoms with Crippen molar-refractivity contribution in [3.63, 3.8) is 0 Å². The van der Waals surface area contributed by atoms with E-state index in [1.54, 1.807) is 7.11 Å². The summed E-state index contributed by atoms with van der Waals surface area (Å²) in [6.45, 7) is 1.85. The largest absolute Gasteiger partial charge is 0.497 e. The van der Waals surface area contributed by atoms with Crippen LogP contribution in [-0.2, 0) is 6.42 Å². The smallest absolute Gasteiger partial charge is 0.319 e. The Morgan fingerprint density at radius 2 is 1.96 bits per heavy atom. The van der Waals surface area contributed by atoms with Gasteiger partial charge in [-0.05, 0) is 43.2 Å². The highest BCUT2D eigenvalue weighted by atomic mass is 19.2. The minimum absolute atomic E-state index is 0.146. The fourth-order valence-corrected chi connectivity index (χ4v) is 2.17. The van der Waals surface area contributed by atoms with Crippen LogP contribution in [0.25, 0.3) is 0 Å². The van der Waals surface area contributed by atoms with Crippen LogP contribution in [0.4, 0.5) is 19.3 Å². The number of methoxy groups -OCH3 is 1. The number of amides is 2. The summed E-state index contributed by atoms with van der Waals surface area (Å²) in [5, 5.41) is 5.21. The second-order valence-corrected chi connectivity index (χ2v) is 5.18. The lowest BCUT2D eigenvalue weighted by atomic mass is 10.1. The first-order chi connectivity index (χ1) is 11.0. The molecular weight excluding hydrogens is 302 g/mol. The van der Waals surface area contributed by atoms with E-state index >= 15 is 0 Å². The van der Waals surface area contributed by atoms with E-state index in [4.69, 9.17) is 4.74 Å². The van der Waals surface area contributed by atoms with Crippen LogP contribution in [0.2, 0.25) is 0 Å². The van der Waals surface area contributed by atoms with E-state index in [-0.39, 0.29) is 11.7 Å². The lowest BCUT2D eigenvalue weighted by molar-refractivity contribution is 0.249. The number of rotatable bonds is 5. The van der Waals surface area contributed by atoms with Crippen molar-refractivity contribution in [1.82, 2.24) is 5.32 Å². The molecule has 6 heteroatoms. The number of urea groups is 1. The van der Waals surface area contributed by atoms with Crippen LogP contribution in [0.5, 0.6) is 5.75 Å². The molecule has 2 aromatic carbocycles. The summed E-state index contributed by atoms with van der Waals surface area (Å²) in [4.78, 5) is 11.9. The van der Waals surface area contributed by atoms with Gasteiger partial charge in [-0.15, -0.1) is 0 Å². The van der Waals surface area contributed by atoms with Gasteiger partial charge in [-0.2, -0.15) is 0 Å². The second kappa shape index (κ2) is 7.58. The maximum absolute atomic E-state index is 13.1. The van der Waals surface area contributed by atoms with Gasteiger partial charge in [0.25, 0.3) is 0 Å². The van der Waals surface area contributed by atoms with Crippen LogP contribution in [0.1, 0.15) is 12.5 Å². The lowest BCUT2D eigenvalue weighted by Gasteiger charge is -2.15. The first-order valence-electron chi connectivity index (χ1n) is 7.13. The summed E-state index contributed by atoms with van der Waals surface area (Å²) in [6.07, 6.45) is 0.613. The summed E-state index contributed by atoms with van der Waals surface area (Å²) < 4.78 is 31.1. The van der Waals surface area contributed by atoms with Gasteiger partial charge < -0.3 is 15.4 Å². The van der Waals surface area contributed by atoms with Gasteiger partial charge in [0, 0.05) is 17.8 Å². The van der Waals surface area contributed by atoms with Crippen LogP contribution in [0.15, 0.2) is 42.5 Å². The van der Waals surface area contributed by atoms with Crippen molar-refractivity contribution < 1.29 is 18.3 Å². The molecule has 0 bridgehead atoms. The average molecular weight is 320 g/mol. The molecular formula is C17H18F2N2O2. The van der Waals surface area contributed by atoms with Crippen LogP contribution < -0.4 is 15.4 Å². The van der Waals surface area contributed by atoms with Gasteiger partial charge in [0.15, 0.2) is 11.6 Å². The fraction of sp³-hybridized carbons (Fsp3) is 0.235. The number of benzene rings is 2. The number of carbonyl (C=O) groups excluding carboxylic acids is 1. The molecule has 0 heterocycles. The molecule has 1 unspecified atom stereocenters. The Morgan fingerprint density at radius 3 is 2.65 bits per heavy atom. The Bertz CT molecular complexity index is 692. The summed E-state index contributed by atoms with van der Waals surface area (Å²) in [5.74, 6) is -1.21. The van der Waals surface area contributed by atoms with Gasteiger partial charge in [-0.1, -0.05) is 12.1 Å². The van der Waals surface area contributed by atoms with E-state index in [2.05, 4.69) is 10.6 Å². The molecule has 2 rings (SSSR count). The third-order valence-electron chi connectivity index (χ3n) is 3.23. The molecule has 0 radical (unpaired) electrons. The molecule has 2 N–H and O–H groups in total. The Labute approximate surface area is 133 Å². The SMILES string of the molecule is COc1cccc(CC(C)NC(=O)Nc2ccc(F)c(F)c2)c1. The number of halogens is 2. The Morgan fingerprint density at radius 1 is 1.17 bits per heavy atom. The van der Waals surface area contributed by atoms with Gasteiger partial charge in [-0.25, -0.2) is 13.6 Å². The van der Waals surface area contributed by atoms with Crippen molar-refractivity contribution in [2.45, 2.75) is 19.4 Å². The molecule has 23 heavy (non-hydrogen) atoms. The summed E-state index contributed by atoms with van der Waals surface area (Å²) in [5.41, 5.74) is 1.21. The molecule has 0 saturated heterocycles. The van der Waals surface area contributed by atoms with Gasteiger partial charge >= 0.3 is 6.03 Å². The van der Waals surface area contributed by atoms with Crippen molar-refractivity contribution in [2.24, 2.45) is 0 Å². The maximum Gasteiger partial charge on any atom is 0.319 e. The molecule has 0 aliphatic rings. The molecule has 0 aliphatic heterocycles. The van der Waals surface area contributed by atoms with E-state index in [9.17, 15) is 13.6 Å². The molecule has 0 fully saturated rings. The summed E-state index contributed by atoms with van der Waals surface area (Å²) >= 11 is 0. The molecule has 0 saturated carbocycles. The zero-order valence-electron chi connectivity index (χ0n) is 12.9. The number of anilines is 1. The predicted molar refractivity (Wildman–Crippen MR) is 84.7 cm³/mol. The highest BCUT2D eigenvalue weighted by Crippen LogP contribution is 2.15. The number of nitrogens with one attached hydrogen (secondary N) is 2. The van der Waals surface area contributed by atoms with Crippen molar-refractivity contribution in [2.75, 3.05) is 12.4 Å². The minimum Gasteiger partial charge on any atom is -0.497 e. The standard InChI is InChI=1S/C17H18F2N2O2/c1-11(8-12-4-3-5-14(9-12)23-2)20-17(22)21-13-6-7-15(18)16(19)10-13/h3-7,9-11H,8H2,1-2H3,(H2,20,21,22). The van der Waals surface area contributed by atoms with Gasteiger partial charge in [0.2, 0.25) is 0 Å². The van der Waals surface area contributed by atoms with Crippen molar-refractivity contribution in [1.29, 1.82) is 0 Å². The number of ether oxygens (including phenoxy) is 1. The van der Waals surface area contributed by atoms with E-state index in [1.165, 1.54) is 6.07 Å². The molecule has 0 aromatic heterocycles. The van der Waals surface area contributed by atoms with E-state index in [1.807, 2.05) is 31.2 Å². The van der Waals surface area contributed by atoms with E-state index in [0.717, 1.165) is 23.4 Å². The van der Waals surface area contributed by atoms with E-state index in [0.29, 0.717) is 6.42 Å². The normalized spacial score (nSPS) is 11.7. The van der Waals surface area contributed by atoms with Gasteiger partial charge in [0.1, 0.15) is 5.75 Å². The van der Waals surface area contributed by atoms with Crippen molar-refractivity contribution >= 4 is 11.7 Å². The highest BCUT2D eigenvalue weighted by Gasteiger charge is 2.10. The average Bonchev–Trinajstić information content (AvgIpc) is 2.51. The summed E-state index contributed by atoms with van der Waals surface area (Å²) in [6, 6.07) is 10.1. The molecule has 2 aromatic rings. The fourth-order valence-electron chi connectivity index (χ4n) is 2.17. The Hall–Kier alpha value is -2.63. The number of hydrogen-bond donors (Lipinski definition) is 2. The van der Waals surface area contributed by atoms with Crippen molar-refractivity contribution in [3.05, 3.63) is 59.7 Å². The van der Waals surface area contributed by atoms with Gasteiger partial charge in [-0.3, -0.25) is 0 Å². The molecule has 1 atom stereocenters. The highest BCUT2D eigenvalue weighted by molar-refractivity contribution is 5.89. The quantitative estimate of drug-likeness (QED) is 0.882. The van der Waals surface area contributed by atoms with Crippen LogP contribution in [0.3, 0.4) is 0 Å². The van der Waals surface area contributed by atoms with E-state index < -0.39 is 17.7 Å². The molecule has 0 aliphatic carbocycles. The maximum atomic E-state index is 13.1. The zero-order valence-corrected chi connectivity index (χ0v) is 12.9. The Kier molecular flexibility index (Phi) is 5.51. The summed E-state index contributed by atoms with van der Waals surface area (Å²) in [7, 11) is 1.59. The lowest BCUT2D eigenvalue weighted by Crippen LogP contribution is -2.37. The van der Waals surface area contributed by atoms with Crippen LogP contribution >= 0.6 is 0 Å². The molecule has 0 spiro atoms.